The van der Waals surface area contributed by atoms with Gasteiger partial charge >= 0.3 is 18.0 Å². The maximum atomic E-state index is 13.8. The van der Waals surface area contributed by atoms with Crippen LogP contribution < -0.4 is 10.6 Å². The maximum Gasteiger partial charge on any atom is 0.408 e. The van der Waals surface area contributed by atoms with Gasteiger partial charge in [-0.1, -0.05) is 55.6 Å². The lowest BCUT2D eigenvalue weighted by Gasteiger charge is -2.44. The van der Waals surface area contributed by atoms with Crippen LogP contribution in [0.2, 0.25) is 0 Å². The molecule has 2 N–H and O–H groups in total. The van der Waals surface area contributed by atoms with Crippen LogP contribution in [-0.4, -0.2) is 63.8 Å². The summed E-state index contributed by atoms with van der Waals surface area (Å²) in [6.45, 7) is 10.6. The molecule has 1 aliphatic carbocycles. The fourth-order valence-corrected chi connectivity index (χ4v) is 5.63. The Bertz CT molecular complexity index is 1410. The zero-order valence-electron chi connectivity index (χ0n) is 26.3. The van der Waals surface area contributed by atoms with E-state index in [0.29, 0.717) is 17.8 Å². The Morgan fingerprint density at radius 2 is 2.05 bits per heavy atom. The van der Waals surface area contributed by atoms with Crippen LogP contribution in [-0.2, 0) is 29.2 Å². The number of allylic oxidation sites excluding steroid dienone is 3. The maximum absolute atomic E-state index is 13.8. The summed E-state index contributed by atoms with van der Waals surface area (Å²) in [5, 5.41) is 5.61. The minimum Gasteiger partial charge on any atom is -0.461 e. The molecule has 10 nitrogen and oxygen atoms in total. The second kappa shape index (κ2) is 15.7. The van der Waals surface area contributed by atoms with E-state index in [2.05, 4.69) is 22.2 Å². The van der Waals surface area contributed by atoms with E-state index < -0.39 is 47.6 Å². The summed E-state index contributed by atoms with van der Waals surface area (Å²) in [5.74, 6) is -1.43. The van der Waals surface area contributed by atoms with Gasteiger partial charge in [0.05, 0.1) is 11.4 Å². The van der Waals surface area contributed by atoms with Gasteiger partial charge in [-0.15, -0.1) is 0 Å². The molecule has 11 heteroatoms. The minimum absolute atomic E-state index is 0.0205. The number of hydrogen-bond acceptors (Lipinski definition) is 8. The number of amides is 1. The number of carbonyl (C=O) groups is 3. The van der Waals surface area contributed by atoms with Gasteiger partial charge < -0.3 is 29.2 Å². The van der Waals surface area contributed by atoms with Crippen LogP contribution in [0.1, 0.15) is 71.8 Å². The molecule has 1 saturated carbocycles. The van der Waals surface area contributed by atoms with Crippen molar-refractivity contribution in [3.8, 4) is 0 Å². The molecule has 44 heavy (non-hydrogen) atoms. The Morgan fingerprint density at radius 1 is 1.27 bits per heavy atom. The molecule has 1 unspecified atom stereocenters. The number of carbonyl (C=O) groups excluding carboxylic acids is 3. The number of hydrogen-bond donors (Lipinski definition) is 2. The van der Waals surface area contributed by atoms with Gasteiger partial charge in [-0.25, -0.2) is 14.6 Å². The first-order valence-electron chi connectivity index (χ1n) is 14.8. The van der Waals surface area contributed by atoms with E-state index in [9.17, 15) is 14.4 Å². The Morgan fingerprint density at radius 3 is 2.73 bits per heavy atom. The van der Waals surface area contributed by atoms with Crippen LogP contribution in [0.3, 0.4) is 0 Å². The number of imidazole rings is 1. The van der Waals surface area contributed by atoms with Gasteiger partial charge in [0, 0.05) is 37.5 Å². The molecule has 0 radical (unpaired) electrons. The minimum atomic E-state index is -1.34. The second-order valence-electron chi connectivity index (χ2n) is 11.8. The quantitative estimate of drug-likeness (QED) is 0.136. The standard InChI is InChI=1S/C33H44N4O6S/c1-7-11-23(12-8-2)22-41-29(38)19-25(36-31(40)43-32(3,4)5)30(39)42-26-13-9-10-16-33(26,20-28(44)34-6)24-14-15-27-35-17-18-37(27)21-24/h7-8,11-12,14-15,17-18,21,25-26H,1,9-10,13,16,19-20,22H2,2-6H3,(H,34,44)(H,36,40)/b12-8-,23-11+/t25?,26-,33+/m1/s1. The van der Waals surface area contributed by atoms with Gasteiger partial charge in [0.25, 0.3) is 0 Å². The lowest BCUT2D eigenvalue weighted by Crippen LogP contribution is -2.51. The fourth-order valence-electron chi connectivity index (χ4n) is 5.38. The van der Waals surface area contributed by atoms with Crippen LogP contribution >= 0.6 is 12.2 Å². The smallest absolute Gasteiger partial charge is 0.408 e. The summed E-state index contributed by atoms with van der Waals surface area (Å²) < 4.78 is 19.0. The average Bonchev–Trinajstić information content (AvgIpc) is 3.44. The summed E-state index contributed by atoms with van der Waals surface area (Å²) in [4.78, 5) is 44.5. The molecular formula is C33H44N4O6S. The number of aromatic nitrogens is 2. The van der Waals surface area contributed by atoms with Crippen molar-refractivity contribution in [3.63, 3.8) is 0 Å². The van der Waals surface area contributed by atoms with E-state index in [1.807, 2.05) is 41.9 Å². The van der Waals surface area contributed by atoms with Gasteiger partial charge in [-0.05, 0) is 64.2 Å². The molecule has 1 fully saturated rings. The first kappa shape index (κ1) is 34.5. The number of rotatable bonds is 12. The van der Waals surface area contributed by atoms with Crippen molar-refractivity contribution in [1.82, 2.24) is 20.0 Å². The van der Waals surface area contributed by atoms with E-state index in [1.165, 1.54) is 0 Å². The molecule has 0 saturated heterocycles. The van der Waals surface area contributed by atoms with Gasteiger partial charge in [0.15, 0.2) is 0 Å². The van der Waals surface area contributed by atoms with Crippen LogP contribution in [0.4, 0.5) is 4.79 Å². The number of thiocarbonyl (C=S) groups is 1. The van der Waals surface area contributed by atoms with Crippen molar-refractivity contribution in [3.05, 3.63) is 72.7 Å². The highest BCUT2D eigenvalue weighted by molar-refractivity contribution is 7.80. The highest BCUT2D eigenvalue weighted by atomic mass is 32.1. The highest BCUT2D eigenvalue weighted by Crippen LogP contribution is 2.44. The Hall–Kier alpha value is -3.99. The SMILES string of the molecule is C=C/C=C(\C=C/C)COC(=O)CC(NC(=O)OC(C)(C)C)C(=O)O[C@@H]1CCCC[C@]1(CC(=S)NC)c1ccc2nccn2c1. The molecule has 0 bridgehead atoms. The van der Waals surface area contributed by atoms with E-state index in [0.717, 1.165) is 36.0 Å². The average molecular weight is 625 g/mol. The zero-order chi connectivity index (χ0) is 32.3. The highest BCUT2D eigenvalue weighted by Gasteiger charge is 2.46. The van der Waals surface area contributed by atoms with Crippen LogP contribution in [0.15, 0.2) is 67.2 Å². The van der Waals surface area contributed by atoms with E-state index in [-0.39, 0.29) is 6.61 Å². The van der Waals surface area contributed by atoms with E-state index in [1.54, 1.807) is 52.2 Å². The second-order valence-corrected chi connectivity index (χ2v) is 12.3. The summed E-state index contributed by atoms with van der Waals surface area (Å²) in [7, 11) is 1.78. The van der Waals surface area contributed by atoms with Gasteiger partial charge in [0.2, 0.25) is 0 Å². The van der Waals surface area contributed by atoms with Crippen molar-refractivity contribution >= 4 is 40.9 Å². The Balaban J connectivity index is 1.90. The number of pyridine rings is 1. The molecule has 3 atom stereocenters. The van der Waals surface area contributed by atoms with Crippen molar-refractivity contribution in [1.29, 1.82) is 0 Å². The van der Waals surface area contributed by atoms with Crippen molar-refractivity contribution < 1.29 is 28.6 Å². The third-order valence-corrected chi connectivity index (χ3v) is 7.74. The third kappa shape index (κ3) is 9.51. The molecule has 1 aliphatic rings. The molecule has 2 aromatic heterocycles. The molecule has 3 rings (SSSR count). The monoisotopic (exact) mass is 624 g/mol. The number of ether oxygens (including phenoxy) is 3. The predicted molar refractivity (Wildman–Crippen MR) is 173 cm³/mol. The van der Waals surface area contributed by atoms with E-state index >= 15 is 0 Å². The number of esters is 2. The number of nitrogens with one attached hydrogen (secondary N) is 2. The first-order chi connectivity index (χ1) is 20.9. The zero-order valence-corrected chi connectivity index (χ0v) is 27.1. The van der Waals surface area contributed by atoms with Crippen LogP contribution in [0.5, 0.6) is 0 Å². The molecule has 2 heterocycles. The van der Waals surface area contributed by atoms with Gasteiger partial charge in [-0.2, -0.15) is 0 Å². The summed E-state index contributed by atoms with van der Waals surface area (Å²) in [5.41, 5.74) is 1.02. The van der Waals surface area contributed by atoms with Crippen molar-refractivity contribution in [2.45, 2.75) is 89.4 Å². The van der Waals surface area contributed by atoms with Crippen molar-refractivity contribution in [2.75, 3.05) is 13.7 Å². The Labute approximate surface area is 264 Å². The Kier molecular flexibility index (Phi) is 12.3. The molecular weight excluding hydrogens is 580 g/mol. The van der Waals surface area contributed by atoms with Crippen molar-refractivity contribution in [2.24, 2.45) is 0 Å². The number of fused-ring (bicyclic) bond motifs is 1. The predicted octanol–water partition coefficient (Wildman–Crippen LogP) is 5.51. The summed E-state index contributed by atoms with van der Waals surface area (Å²) in [6.07, 6.45) is 14.2. The molecule has 0 aliphatic heterocycles. The molecule has 0 aromatic carbocycles. The van der Waals surface area contributed by atoms with Crippen LogP contribution in [0.25, 0.3) is 5.65 Å². The fraction of sp³-hybridized carbons (Fsp3) is 0.485. The summed E-state index contributed by atoms with van der Waals surface area (Å²) in [6, 6.07) is 2.59. The lowest BCUT2D eigenvalue weighted by atomic mass is 9.65. The molecule has 238 valence electrons. The van der Waals surface area contributed by atoms with Crippen LogP contribution in [0, 0.1) is 0 Å². The topological polar surface area (TPSA) is 120 Å². The number of alkyl carbamates (subject to hydrolysis) is 1. The third-order valence-electron chi connectivity index (χ3n) is 7.39. The molecule has 1 amide bonds. The molecule has 2 aromatic rings. The van der Waals surface area contributed by atoms with Gasteiger partial charge in [-0.3, -0.25) is 4.79 Å². The largest absolute Gasteiger partial charge is 0.461 e. The summed E-state index contributed by atoms with van der Waals surface area (Å²) >= 11 is 5.64. The normalized spacial score (nSPS) is 19.7. The van der Waals surface area contributed by atoms with Gasteiger partial charge in [0.1, 0.15) is 30.0 Å². The first-order valence-corrected chi connectivity index (χ1v) is 15.3. The number of nitrogens with zero attached hydrogens (tertiary/aromatic N) is 2. The molecule has 0 spiro atoms. The van der Waals surface area contributed by atoms with E-state index in [4.69, 9.17) is 26.4 Å². The lowest BCUT2D eigenvalue weighted by molar-refractivity contribution is -0.161.